The highest BCUT2D eigenvalue weighted by atomic mass is 32.2. The maximum atomic E-state index is 12.6. The first-order valence-electron chi connectivity index (χ1n) is 7.37. The molecule has 136 valence electrons. The van der Waals surface area contributed by atoms with Gasteiger partial charge in [0.25, 0.3) is 0 Å². The van der Waals surface area contributed by atoms with E-state index in [9.17, 15) is 16.8 Å². The van der Waals surface area contributed by atoms with Crippen LogP contribution in [0.25, 0.3) is 5.82 Å². The number of aromatic nitrogens is 4. The van der Waals surface area contributed by atoms with E-state index in [1.54, 1.807) is 18.3 Å². The molecule has 0 amide bonds. The van der Waals surface area contributed by atoms with Crippen molar-refractivity contribution in [3.8, 4) is 5.82 Å². The molecule has 1 aromatic carbocycles. The number of rotatable bonds is 6. The van der Waals surface area contributed by atoms with Crippen LogP contribution in [-0.4, -0.2) is 42.8 Å². The van der Waals surface area contributed by atoms with E-state index in [1.165, 1.54) is 41.6 Å². The molecule has 0 aliphatic heterocycles. The summed E-state index contributed by atoms with van der Waals surface area (Å²) < 4.78 is 52.8. The van der Waals surface area contributed by atoms with Gasteiger partial charge in [-0.15, -0.1) is 0 Å². The van der Waals surface area contributed by atoms with Gasteiger partial charge in [0, 0.05) is 24.6 Å². The van der Waals surface area contributed by atoms with Gasteiger partial charge in [-0.1, -0.05) is 18.2 Å². The van der Waals surface area contributed by atoms with E-state index in [-0.39, 0.29) is 16.3 Å². The second-order valence-corrected chi connectivity index (χ2v) is 9.09. The third-order valence-corrected chi connectivity index (χ3v) is 6.24. The van der Waals surface area contributed by atoms with E-state index >= 15 is 0 Å². The Hall–Kier alpha value is -2.63. The Balaban J connectivity index is 1.92. The molecule has 0 bridgehead atoms. The highest BCUT2D eigenvalue weighted by molar-refractivity contribution is 7.93. The molecular formula is C15H15N5O4S2. The summed E-state index contributed by atoms with van der Waals surface area (Å²) in [5.41, 5.74) is 0.554. The van der Waals surface area contributed by atoms with Crippen molar-refractivity contribution in [2.24, 2.45) is 0 Å². The van der Waals surface area contributed by atoms with Crippen molar-refractivity contribution in [2.75, 3.05) is 6.26 Å². The molecular weight excluding hydrogens is 378 g/mol. The van der Waals surface area contributed by atoms with Crippen molar-refractivity contribution >= 4 is 19.9 Å². The van der Waals surface area contributed by atoms with E-state index < -0.39 is 19.9 Å². The van der Waals surface area contributed by atoms with Crippen molar-refractivity contribution in [3.63, 3.8) is 0 Å². The Morgan fingerprint density at radius 2 is 1.77 bits per heavy atom. The fourth-order valence-corrected chi connectivity index (χ4v) is 4.96. The van der Waals surface area contributed by atoms with Crippen molar-refractivity contribution in [1.29, 1.82) is 0 Å². The third-order valence-electron chi connectivity index (χ3n) is 3.49. The quantitative estimate of drug-likeness (QED) is 0.648. The Labute approximate surface area is 150 Å². The lowest BCUT2D eigenvalue weighted by Gasteiger charge is -2.12. The zero-order chi connectivity index (χ0) is 18.8. The maximum Gasteiger partial charge on any atom is 0.242 e. The molecule has 0 radical (unpaired) electrons. The van der Waals surface area contributed by atoms with E-state index in [2.05, 4.69) is 19.8 Å². The van der Waals surface area contributed by atoms with Gasteiger partial charge in [0.2, 0.25) is 10.0 Å². The Morgan fingerprint density at radius 3 is 2.42 bits per heavy atom. The van der Waals surface area contributed by atoms with Gasteiger partial charge in [0.1, 0.15) is 17.6 Å². The molecule has 2 aromatic heterocycles. The fraction of sp³-hybridized carbons (Fsp3) is 0.133. The number of sulfone groups is 1. The standard InChI is InChI=1S/C15H15N5O4S2/c1-25(21,22)13-6-2-3-7-14(13)26(23,24)19-9-12-5-4-8-17-15(12)20-11-16-10-18-20/h2-8,10-11,19H,9H2,1H3. The molecule has 1 N–H and O–H groups in total. The smallest absolute Gasteiger partial charge is 0.237 e. The van der Waals surface area contributed by atoms with Gasteiger partial charge in [-0.25, -0.2) is 36.2 Å². The molecule has 0 aliphatic carbocycles. The molecule has 9 nitrogen and oxygen atoms in total. The topological polar surface area (TPSA) is 124 Å². The predicted octanol–water partition coefficient (Wildman–Crippen LogP) is 0.544. The summed E-state index contributed by atoms with van der Waals surface area (Å²) in [6.45, 7) is -0.0938. The molecule has 3 rings (SSSR count). The SMILES string of the molecule is CS(=O)(=O)c1ccccc1S(=O)(=O)NCc1cccnc1-n1cncn1. The van der Waals surface area contributed by atoms with Crippen molar-refractivity contribution in [3.05, 3.63) is 60.8 Å². The minimum Gasteiger partial charge on any atom is -0.237 e. The molecule has 2 heterocycles. The minimum atomic E-state index is -4.06. The zero-order valence-electron chi connectivity index (χ0n) is 13.6. The van der Waals surface area contributed by atoms with Crippen molar-refractivity contribution < 1.29 is 16.8 Å². The minimum absolute atomic E-state index is 0.0938. The lowest BCUT2D eigenvalue weighted by molar-refractivity contribution is 0.573. The maximum absolute atomic E-state index is 12.6. The van der Waals surface area contributed by atoms with Crippen LogP contribution in [0.3, 0.4) is 0 Å². The molecule has 0 atom stereocenters. The highest BCUT2D eigenvalue weighted by Gasteiger charge is 2.23. The molecule has 11 heteroatoms. The molecule has 0 saturated carbocycles. The largest absolute Gasteiger partial charge is 0.242 e. The zero-order valence-corrected chi connectivity index (χ0v) is 15.3. The summed E-state index contributed by atoms with van der Waals surface area (Å²) in [6.07, 6.45) is 5.30. The van der Waals surface area contributed by atoms with E-state index in [1.807, 2.05) is 0 Å². The Bertz CT molecular complexity index is 1130. The monoisotopic (exact) mass is 393 g/mol. The third kappa shape index (κ3) is 3.79. The molecule has 3 aromatic rings. The van der Waals surface area contributed by atoms with Crippen LogP contribution in [0.15, 0.2) is 65.0 Å². The molecule has 0 fully saturated rings. The molecule has 0 saturated heterocycles. The number of pyridine rings is 1. The summed E-state index contributed by atoms with van der Waals surface area (Å²) in [5, 5.41) is 3.98. The molecule has 0 aliphatic rings. The van der Waals surface area contributed by atoms with Gasteiger partial charge in [-0.05, 0) is 18.2 Å². The lowest BCUT2D eigenvalue weighted by atomic mass is 10.2. The Kier molecular flexibility index (Phi) is 4.85. The predicted molar refractivity (Wildman–Crippen MR) is 92.7 cm³/mol. The van der Waals surface area contributed by atoms with Gasteiger partial charge >= 0.3 is 0 Å². The van der Waals surface area contributed by atoms with E-state index in [4.69, 9.17) is 0 Å². The van der Waals surface area contributed by atoms with Gasteiger partial charge in [-0.2, -0.15) is 5.10 Å². The van der Waals surface area contributed by atoms with Crippen LogP contribution in [-0.2, 0) is 26.4 Å². The van der Waals surface area contributed by atoms with E-state index in [0.717, 1.165) is 6.26 Å². The number of hydrogen-bond acceptors (Lipinski definition) is 7. The van der Waals surface area contributed by atoms with Crippen LogP contribution in [0.1, 0.15) is 5.56 Å². The average molecular weight is 393 g/mol. The van der Waals surface area contributed by atoms with Crippen molar-refractivity contribution in [2.45, 2.75) is 16.3 Å². The number of benzene rings is 1. The first-order valence-corrected chi connectivity index (χ1v) is 10.7. The van der Waals surface area contributed by atoms with Crippen LogP contribution in [0.2, 0.25) is 0 Å². The summed E-state index contributed by atoms with van der Waals surface area (Å²) >= 11 is 0. The second-order valence-electron chi connectivity index (χ2n) is 5.37. The number of hydrogen-bond donors (Lipinski definition) is 1. The lowest BCUT2D eigenvalue weighted by Crippen LogP contribution is -2.25. The summed E-state index contributed by atoms with van der Waals surface area (Å²) in [5.74, 6) is 0.420. The summed E-state index contributed by atoms with van der Waals surface area (Å²) in [4.78, 5) is 7.47. The van der Waals surface area contributed by atoms with Crippen molar-refractivity contribution in [1.82, 2.24) is 24.5 Å². The number of sulfonamides is 1. The van der Waals surface area contributed by atoms with E-state index in [0.29, 0.717) is 11.4 Å². The Morgan fingerprint density at radius 1 is 1.04 bits per heavy atom. The highest BCUT2D eigenvalue weighted by Crippen LogP contribution is 2.21. The summed E-state index contributed by atoms with van der Waals surface area (Å²) in [7, 11) is -7.76. The first kappa shape index (κ1) is 18.2. The molecule has 0 spiro atoms. The van der Waals surface area contributed by atoms with Gasteiger partial charge < -0.3 is 0 Å². The van der Waals surface area contributed by atoms with Crippen LogP contribution in [0, 0.1) is 0 Å². The fourth-order valence-electron chi connectivity index (χ4n) is 2.32. The van der Waals surface area contributed by atoms with Gasteiger partial charge in [0.05, 0.1) is 4.90 Å². The van der Waals surface area contributed by atoms with Crippen LogP contribution in [0.5, 0.6) is 0 Å². The van der Waals surface area contributed by atoms with Crippen LogP contribution >= 0.6 is 0 Å². The van der Waals surface area contributed by atoms with Gasteiger partial charge in [0.15, 0.2) is 15.7 Å². The normalized spacial score (nSPS) is 12.2. The van der Waals surface area contributed by atoms with Crippen LogP contribution < -0.4 is 4.72 Å². The van der Waals surface area contributed by atoms with Crippen LogP contribution in [0.4, 0.5) is 0 Å². The first-order chi connectivity index (χ1) is 12.3. The molecule has 0 unspecified atom stereocenters. The summed E-state index contributed by atoms with van der Waals surface area (Å²) in [6, 6.07) is 8.80. The molecule has 26 heavy (non-hydrogen) atoms. The number of nitrogens with one attached hydrogen (secondary N) is 1. The second kappa shape index (κ2) is 6.94. The van der Waals surface area contributed by atoms with Gasteiger partial charge in [-0.3, -0.25) is 0 Å². The average Bonchev–Trinajstić information content (AvgIpc) is 3.14. The number of nitrogens with zero attached hydrogens (tertiary/aromatic N) is 4.